The molecule has 90 valence electrons. The Morgan fingerprint density at radius 3 is 1.27 bits per heavy atom. The minimum Gasteiger partial charge on any atom is -0.260 e. The van der Waals surface area contributed by atoms with Gasteiger partial charge >= 0.3 is 0 Å². The van der Waals surface area contributed by atoms with E-state index in [1.165, 1.54) is 0 Å². The zero-order valence-corrected chi connectivity index (χ0v) is 13.9. The second-order valence-electron chi connectivity index (χ2n) is 6.70. The first-order chi connectivity index (χ1) is 6.40. The Morgan fingerprint density at radius 1 is 0.867 bits per heavy atom. The molecule has 1 fully saturated rings. The maximum atomic E-state index is 6.59. The highest BCUT2D eigenvalue weighted by atomic mass is 35.7. The molecule has 0 atom stereocenters. The maximum absolute atomic E-state index is 6.59. The highest BCUT2D eigenvalue weighted by molar-refractivity contribution is 7.85. The predicted octanol–water partition coefficient (Wildman–Crippen LogP) is 4.37. The van der Waals surface area contributed by atoms with E-state index in [-0.39, 0.29) is 11.1 Å². The van der Waals surface area contributed by atoms with E-state index in [9.17, 15) is 0 Å². The molecule has 0 N–H and O–H groups in total. The molecule has 1 heterocycles. The van der Waals surface area contributed by atoms with Gasteiger partial charge in [0.05, 0.1) is 0 Å². The molecule has 0 unspecified atom stereocenters. The Labute approximate surface area is 102 Å². The van der Waals surface area contributed by atoms with E-state index in [4.69, 9.17) is 11.2 Å². The molecule has 1 aliphatic rings. The fraction of sp³-hybridized carbons (Fsp3) is 1.00. The van der Waals surface area contributed by atoms with E-state index in [0.29, 0.717) is 0 Å². The van der Waals surface area contributed by atoms with Gasteiger partial charge in [0.25, 0.3) is 0 Å². The summed E-state index contributed by atoms with van der Waals surface area (Å²) in [4.78, 5) is 0. The fourth-order valence-corrected chi connectivity index (χ4v) is 15.7. The van der Waals surface area contributed by atoms with Crippen LogP contribution in [0.2, 0.25) is 13.1 Å². The van der Waals surface area contributed by atoms with Crippen molar-refractivity contribution in [2.24, 2.45) is 0 Å². The first kappa shape index (κ1) is 13.9. The van der Waals surface area contributed by atoms with Gasteiger partial charge in [-0.3, -0.25) is 8.67 Å². The lowest BCUT2D eigenvalue weighted by atomic mass is 10.1. The molecule has 0 amide bonds. The first-order valence-corrected chi connectivity index (χ1v) is 10.5. The Balaban J connectivity index is 2.96. The molecule has 0 aliphatic carbocycles. The number of halogens is 1. The summed E-state index contributed by atoms with van der Waals surface area (Å²) in [7, 11) is -2.09. The van der Waals surface area contributed by atoms with Crippen LogP contribution in [0.3, 0.4) is 0 Å². The summed E-state index contributed by atoms with van der Waals surface area (Å²) in [5, 5.41) is 0. The highest BCUT2D eigenvalue weighted by Crippen LogP contribution is 2.69. The zero-order chi connectivity index (χ0) is 12.2. The molecule has 0 saturated carbocycles. The van der Waals surface area contributed by atoms with Crippen molar-refractivity contribution < 1.29 is 0 Å². The van der Waals surface area contributed by atoms with Crippen LogP contribution in [0.25, 0.3) is 0 Å². The molecule has 0 radical (unpaired) electrons. The van der Waals surface area contributed by atoms with Crippen LogP contribution in [0.1, 0.15) is 41.5 Å². The molecule has 0 bridgehead atoms. The second-order valence-corrected chi connectivity index (χ2v) is 13.5. The molecule has 0 aromatic heterocycles. The van der Waals surface area contributed by atoms with Gasteiger partial charge in [-0.05, 0) is 54.6 Å². The first-order valence-electron chi connectivity index (χ1n) is 5.46. The lowest BCUT2D eigenvalue weighted by Crippen LogP contribution is -2.75. The van der Waals surface area contributed by atoms with E-state index in [1.54, 1.807) is 0 Å². The van der Waals surface area contributed by atoms with Crippen molar-refractivity contribution in [3.63, 3.8) is 0 Å². The molecule has 1 saturated heterocycles. The quantitative estimate of drug-likeness (QED) is 0.475. The van der Waals surface area contributed by atoms with Crippen LogP contribution in [-0.2, 0) is 0 Å². The number of hydrogen-bond donors (Lipinski definition) is 0. The van der Waals surface area contributed by atoms with Gasteiger partial charge in [0.15, 0.2) is 0 Å². The van der Waals surface area contributed by atoms with E-state index < -0.39 is 16.0 Å². The van der Waals surface area contributed by atoms with Gasteiger partial charge in [0.2, 0.25) is 8.40 Å². The summed E-state index contributed by atoms with van der Waals surface area (Å²) in [6, 6.07) is 0. The monoisotopic (exact) mass is 266 g/mol. The summed E-state index contributed by atoms with van der Waals surface area (Å²) in [5.74, 6) is 0. The highest BCUT2D eigenvalue weighted by Gasteiger charge is 2.61. The minimum absolute atomic E-state index is 0.199. The molecule has 1 aliphatic heterocycles. The van der Waals surface area contributed by atoms with Crippen molar-refractivity contribution in [1.82, 2.24) is 8.67 Å². The molecular formula is C10H24ClN2PSi. The summed E-state index contributed by atoms with van der Waals surface area (Å²) >= 11 is 6.59. The van der Waals surface area contributed by atoms with E-state index in [0.717, 1.165) is 0 Å². The van der Waals surface area contributed by atoms with Gasteiger partial charge in [-0.25, -0.2) is 0 Å². The smallest absolute Gasteiger partial charge is 0.212 e. The molecule has 0 aromatic rings. The van der Waals surface area contributed by atoms with Gasteiger partial charge < -0.3 is 0 Å². The largest absolute Gasteiger partial charge is 0.260 e. The van der Waals surface area contributed by atoms with Crippen LogP contribution in [0.4, 0.5) is 0 Å². The van der Waals surface area contributed by atoms with Crippen molar-refractivity contribution in [3.8, 4) is 0 Å². The average molecular weight is 267 g/mol. The van der Waals surface area contributed by atoms with Crippen LogP contribution in [-0.4, -0.2) is 28.1 Å². The predicted molar refractivity (Wildman–Crippen MR) is 73.4 cm³/mol. The number of nitrogens with zero attached hydrogens (tertiary/aromatic N) is 2. The SMILES string of the molecule is CC(C)(C)N1P(Cl)N(C(C)(C)C)[Si]1(C)C. The molecule has 0 spiro atoms. The Kier molecular flexibility index (Phi) is 3.41. The van der Waals surface area contributed by atoms with Gasteiger partial charge in [-0.15, -0.1) is 0 Å². The van der Waals surface area contributed by atoms with Gasteiger partial charge in [-0.1, -0.05) is 11.2 Å². The number of hydrogen-bond acceptors (Lipinski definition) is 2. The molecule has 1 rings (SSSR count). The summed E-state index contributed by atoms with van der Waals surface area (Å²) in [5.41, 5.74) is 0.399. The van der Waals surface area contributed by atoms with Crippen LogP contribution in [0.15, 0.2) is 0 Å². The Bertz CT molecular complexity index is 233. The average Bonchev–Trinajstić information content (AvgIpc) is 1.74. The molecule has 15 heavy (non-hydrogen) atoms. The van der Waals surface area contributed by atoms with Crippen LogP contribution >= 0.6 is 18.8 Å². The van der Waals surface area contributed by atoms with E-state index in [1.807, 2.05) is 0 Å². The van der Waals surface area contributed by atoms with Crippen molar-refractivity contribution >= 4 is 27.2 Å². The minimum atomic E-state index is -1.48. The van der Waals surface area contributed by atoms with Crippen LogP contribution in [0.5, 0.6) is 0 Å². The Morgan fingerprint density at radius 2 is 1.13 bits per heavy atom. The molecule has 0 aromatic carbocycles. The number of rotatable bonds is 0. The third kappa shape index (κ3) is 2.27. The van der Waals surface area contributed by atoms with Gasteiger partial charge in [-0.2, -0.15) is 0 Å². The van der Waals surface area contributed by atoms with Crippen molar-refractivity contribution in [3.05, 3.63) is 0 Å². The van der Waals surface area contributed by atoms with E-state index >= 15 is 0 Å². The third-order valence-corrected chi connectivity index (χ3v) is 13.7. The third-order valence-electron chi connectivity index (χ3n) is 2.64. The fourth-order valence-electron chi connectivity index (χ4n) is 2.68. The van der Waals surface area contributed by atoms with E-state index in [2.05, 4.69) is 63.3 Å². The van der Waals surface area contributed by atoms with Crippen molar-refractivity contribution in [1.29, 1.82) is 0 Å². The lowest BCUT2D eigenvalue weighted by Gasteiger charge is -2.67. The summed E-state index contributed by atoms with van der Waals surface area (Å²) < 4.78 is 5.12. The molecular weight excluding hydrogens is 243 g/mol. The summed E-state index contributed by atoms with van der Waals surface area (Å²) in [6.45, 7) is 18.4. The topological polar surface area (TPSA) is 6.48 Å². The summed E-state index contributed by atoms with van der Waals surface area (Å²) in [6.07, 6.45) is 0. The Hall–Kier alpha value is 0.857. The van der Waals surface area contributed by atoms with Gasteiger partial charge in [0.1, 0.15) is 7.58 Å². The van der Waals surface area contributed by atoms with Crippen molar-refractivity contribution in [2.75, 3.05) is 0 Å². The standard InChI is InChI=1S/C10H24ClN2PSi/c1-9(2,3)12-14(11)13(10(4,5)6)15(12,7)8/h1-8H3. The second kappa shape index (κ2) is 3.68. The van der Waals surface area contributed by atoms with Gasteiger partial charge in [0, 0.05) is 11.1 Å². The molecule has 2 nitrogen and oxygen atoms in total. The zero-order valence-electron chi connectivity index (χ0n) is 11.2. The van der Waals surface area contributed by atoms with Crippen LogP contribution in [0, 0.1) is 0 Å². The van der Waals surface area contributed by atoms with Crippen LogP contribution < -0.4 is 0 Å². The van der Waals surface area contributed by atoms with Crippen molar-refractivity contribution in [2.45, 2.75) is 65.7 Å². The maximum Gasteiger partial charge on any atom is 0.212 e. The lowest BCUT2D eigenvalue weighted by molar-refractivity contribution is 0.246. The molecule has 5 heteroatoms. The normalized spacial score (nSPS) is 25.4.